The first kappa shape index (κ1) is 17.3. The largest absolute Gasteiger partial charge is 0.393 e. The van der Waals surface area contributed by atoms with Gasteiger partial charge in [0.1, 0.15) is 0 Å². The van der Waals surface area contributed by atoms with Crippen molar-refractivity contribution in [1.82, 2.24) is 9.80 Å². The molecule has 0 aliphatic rings. The maximum Gasteiger partial charge on any atom is 0.223 e. The molecule has 0 aromatic heterocycles. The second-order valence-electron chi connectivity index (χ2n) is 5.25. The van der Waals surface area contributed by atoms with Crippen LogP contribution in [0.25, 0.3) is 0 Å². The van der Waals surface area contributed by atoms with Gasteiger partial charge in [-0.3, -0.25) is 4.79 Å². The van der Waals surface area contributed by atoms with Crippen LogP contribution in [0, 0.1) is 5.92 Å². The zero-order valence-corrected chi connectivity index (χ0v) is 13.1. The van der Waals surface area contributed by atoms with Crippen LogP contribution in [0.5, 0.6) is 0 Å². The summed E-state index contributed by atoms with van der Waals surface area (Å²) in [6.45, 7) is 7.97. The van der Waals surface area contributed by atoms with Gasteiger partial charge in [0.2, 0.25) is 5.91 Å². The summed E-state index contributed by atoms with van der Waals surface area (Å²) in [6.07, 6.45) is 1.14. The fourth-order valence-electron chi connectivity index (χ4n) is 1.58. The van der Waals surface area contributed by atoms with Gasteiger partial charge in [-0.15, -0.1) is 0 Å². The molecule has 0 fully saturated rings. The highest BCUT2D eigenvalue weighted by Gasteiger charge is 2.15. The Labute approximate surface area is 116 Å². The molecule has 1 amide bonds. The van der Waals surface area contributed by atoms with E-state index in [-0.39, 0.29) is 5.91 Å². The summed E-state index contributed by atoms with van der Waals surface area (Å²) in [7, 11) is 3.86. The van der Waals surface area contributed by atoms with Crippen LogP contribution in [-0.4, -0.2) is 53.9 Å². The Kier molecular flexibility index (Phi) is 8.11. The highest BCUT2D eigenvalue weighted by molar-refractivity contribution is 7.80. The van der Waals surface area contributed by atoms with Gasteiger partial charge in [0.15, 0.2) is 0 Å². The first-order valence-corrected chi connectivity index (χ1v) is 6.89. The van der Waals surface area contributed by atoms with Gasteiger partial charge in [-0.1, -0.05) is 26.1 Å². The van der Waals surface area contributed by atoms with E-state index in [9.17, 15) is 4.79 Å². The third-order valence-electron chi connectivity index (χ3n) is 3.46. The van der Waals surface area contributed by atoms with E-state index in [1.165, 1.54) is 0 Å². The van der Waals surface area contributed by atoms with E-state index in [1.54, 1.807) is 11.9 Å². The Morgan fingerprint density at radius 2 is 1.72 bits per heavy atom. The summed E-state index contributed by atoms with van der Waals surface area (Å²) >= 11 is 4.80. The lowest BCUT2D eigenvalue weighted by molar-refractivity contribution is -0.130. The number of nitrogens with zero attached hydrogens (tertiary/aromatic N) is 2. The first-order chi connectivity index (χ1) is 8.25. The minimum absolute atomic E-state index is 0.147. The Bertz CT molecular complexity index is 281. The van der Waals surface area contributed by atoms with Crippen LogP contribution >= 0.6 is 12.2 Å². The lowest BCUT2D eigenvalue weighted by Gasteiger charge is -2.28. The molecule has 0 radical (unpaired) electrons. The monoisotopic (exact) mass is 273 g/mol. The molecule has 4 nitrogen and oxygen atoms in total. The molecule has 0 saturated carbocycles. The molecule has 0 aliphatic carbocycles. The van der Waals surface area contributed by atoms with Crippen LogP contribution < -0.4 is 5.73 Å². The van der Waals surface area contributed by atoms with Crippen molar-refractivity contribution in [2.45, 2.75) is 39.7 Å². The van der Waals surface area contributed by atoms with E-state index in [1.807, 2.05) is 0 Å². The second-order valence-corrected chi connectivity index (χ2v) is 5.77. The van der Waals surface area contributed by atoms with Crippen LogP contribution in [0.15, 0.2) is 0 Å². The SMILES string of the molecule is CC(C)C(C)N(C)CCC(=O)N(C)CCC(N)=S. The fraction of sp³-hybridized carbons (Fsp3) is 0.846. The molecule has 0 aromatic carbocycles. The van der Waals surface area contributed by atoms with Crippen molar-refractivity contribution < 1.29 is 4.79 Å². The minimum Gasteiger partial charge on any atom is -0.393 e. The molecule has 106 valence electrons. The number of carbonyl (C=O) groups excluding carboxylic acids is 1. The quantitative estimate of drug-likeness (QED) is 0.681. The topological polar surface area (TPSA) is 49.6 Å². The van der Waals surface area contributed by atoms with E-state index in [4.69, 9.17) is 18.0 Å². The number of amides is 1. The number of carbonyl (C=O) groups is 1. The van der Waals surface area contributed by atoms with Crippen molar-refractivity contribution in [2.75, 3.05) is 27.2 Å². The van der Waals surface area contributed by atoms with E-state index >= 15 is 0 Å². The summed E-state index contributed by atoms with van der Waals surface area (Å²) in [5.41, 5.74) is 5.42. The molecule has 0 rings (SSSR count). The smallest absolute Gasteiger partial charge is 0.223 e. The zero-order chi connectivity index (χ0) is 14.3. The number of rotatable bonds is 8. The van der Waals surface area contributed by atoms with Gasteiger partial charge in [0, 0.05) is 39.0 Å². The summed E-state index contributed by atoms with van der Waals surface area (Å²) in [4.78, 5) is 16.3. The lowest BCUT2D eigenvalue weighted by atomic mass is 10.1. The molecule has 0 heterocycles. The van der Waals surface area contributed by atoms with E-state index in [2.05, 4.69) is 32.7 Å². The van der Waals surface area contributed by atoms with E-state index in [0.717, 1.165) is 6.54 Å². The Morgan fingerprint density at radius 3 is 2.17 bits per heavy atom. The van der Waals surface area contributed by atoms with Gasteiger partial charge in [-0.2, -0.15) is 0 Å². The number of hydrogen-bond acceptors (Lipinski definition) is 3. The summed E-state index contributed by atoms with van der Waals surface area (Å²) in [5, 5.41) is 0. The molecule has 5 heteroatoms. The predicted molar refractivity (Wildman–Crippen MR) is 80.6 cm³/mol. The highest BCUT2D eigenvalue weighted by atomic mass is 32.1. The average molecular weight is 273 g/mol. The molecule has 0 aliphatic heterocycles. The van der Waals surface area contributed by atoms with Crippen molar-refractivity contribution in [3.05, 3.63) is 0 Å². The van der Waals surface area contributed by atoms with Crippen molar-refractivity contribution in [1.29, 1.82) is 0 Å². The Hall–Kier alpha value is -0.680. The first-order valence-electron chi connectivity index (χ1n) is 6.48. The van der Waals surface area contributed by atoms with Crippen molar-refractivity contribution in [3.63, 3.8) is 0 Å². The van der Waals surface area contributed by atoms with Gasteiger partial charge in [-0.25, -0.2) is 0 Å². The highest BCUT2D eigenvalue weighted by Crippen LogP contribution is 2.08. The van der Waals surface area contributed by atoms with Crippen molar-refractivity contribution >= 4 is 23.1 Å². The van der Waals surface area contributed by atoms with Crippen LogP contribution in [0.3, 0.4) is 0 Å². The Balaban J connectivity index is 3.98. The van der Waals surface area contributed by atoms with Crippen LogP contribution in [-0.2, 0) is 4.79 Å². The molecule has 0 aromatic rings. The fourth-order valence-corrected chi connectivity index (χ4v) is 1.67. The molecule has 2 N–H and O–H groups in total. The molecular formula is C13H27N3OS. The molecule has 1 unspecified atom stereocenters. The van der Waals surface area contributed by atoms with E-state index in [0.29, 0.717) is 36.3 Å². The molecule has 0 spiro atoms. The maximum absolute atomic E-state index is 11.9. The molecule has 1 atom stereocenters. The summed E-state index contributed by atoms with van der Waals surface area (Å²) in [5.74, 6) is 0.742. The predicted octanol–water partition coefficient (Wildman–Crippen LogP) is 1.49. The summed E-state index contributed by atoms with van der Waals surface area (Å²) in [6, 6.07) is 0.486. The lowest BCUT2D eigenvalue weighted by Crippen LogP contribution is -2.37. The number of nitrogens with two attached hydrogens (primary N) is 1. The molecule has 0 bridgehead atoms. The second kappa shape index (κ2) is 8.43. The molecular weight excluding hydrogens is 246 g/mol. The molecule has 18 heavy (non-hydrogen) atoms. The van der Waals surface area contributed by atoms with Gasteiger partial charge in [-0.05, 0) is 19.9 Å². The van der Waals surface area contributed by atoms with Crippen LogP contribution in [0.4, 0.5) is 0 Å². The van der Waals surface area contributed by atoms with E-state index < -0.39 is 0 Å². The maximum atomic E-state index is 11.9. The van der Waals surface area contributed by atoms with Gasteiger partial charge in [0.05, 0.1) is 4.99 Å². The van der Waals surface area contributed by atoms with Crippen molar-refractivity contribution in [3.8, 4) is 0 Å². The zero-order valence-electron chi connectivity index (χ0n) is 12.3. The van der Waals surface area contributed by atoms with Gasteiger partial charge < -0.3 is 15.5 Å². The standard InChI is InChI=1S/C13H27N3OS/c1-10(2)11(3)15(4)9-7-13(17)16(5)8-6-12(14)18/h10-11H,6-9H2,1-5H3,(H2,14,18). The van der Waals surface area contributed by atoms with Crippen LogP contribution in [0.1, 0.15) is 33.6 Å². The molecule has 0 saturated heterocycles. The number of hydrogen-bond donors (Lipinski definition) is 1. The summed E-state index contributed by atoms with van der Waals surface area (Å²) < 4.78 is 0. The third-order valence-corrected chi connectivity index (χ3v) is 3.66. The third kappa shape index (κ3) is 6.91. The van der Waals surface area contributed by atoms with Crippen molar-refractivity contribution in [2.24, 2.45) is 11.7 Å². The van der Waals surface area contributed by atoms with Gasteiger partial charge in [0.25, 0.3) is 0 Å². The minimum atomic E-state index is 0.147. The average Bonchev–Trinajstić information content (AvgIpc) is 2.30. The van der Waals surface area contributed by atoms with Gasteiger partial charge >= 0.3 is 0 Å². The normalized spacial score (nSPS) is 12.8. The number of thiocarbonyl (C=S) groups is 1. The van der Waals surface area contributed by atoms with Crippen LogP contribution in [0.2, 0.25) is 0 Å². The Morgan fingerprint density at radius 1 is 1.17 bits per heavy atom.